The number of amides is 1. The van der Waals surface area contributed by atoms with E-state index < -0.39 is 17.6 Å². The minimum atomic E-state index is -4.61. The number of aromatic nitrogens is 2. The van der Waals surface area contributed by atoms with Crippen molar-refractivity contribution in [3.63, 3.8) is 0 Å². The van der Waals surface area contributed by atoms with E-state index in [0.29, 0.717) is 23.7 Å². The van der Waals surface area contributed by atoms with Gasteiger partial charge in [-0.05, 0) is 30.7 Å². The Bertz CT molecular complexity index is 1210. The Morgan fingerprint density at radius 3 is 2.50 bits per heavy atom. The maximum absolute atomic E-state index is 13.3. The standard InChI is InChI=1S/C24H26F3N3O4/c1-3-4-7-12-30-23(32)18-9-6-5-8-17(18)21(29-30)22(31)28-19-15-16(24(25,26)27)10-11-20(19)34-14-13-33-2/h5-6,8-11,15H,3-4,7,12-14H2,1-2H3,(H,28,31). The van der Waals surface area contributed by atoms with Crippen LogP contribution in [0.1, 0.15) is 42.2 Å². The highest BCUT2D eigenvalue weighted by Gasteiger charge is 2.31. The largest absolute Gasteiger partial charge is 0.489 e. The molecule has 10 heteroatoms. The van der Waals surface area contributed by atoms with Crippen molar-refractivity contribution in [3.8, 4) is 5.75 Å². The normalized spacial score (nSPS) is 11.6. The molecule has 1 heterocycles. The number of hydrogen-bond acceptors (Lipinski definition) is 5. The Hall–Kier alpha value is -3.40. The first-order valence-electron chi connectivity index (χ1n) is 10.9. The number of halogens is 3. The number of nitrogens with zero attached hydrogens (tertiary/aromatic N) is 2. The lowest BCUT2D eigenvalue weighted by molar-refractivity contribution is -0.137. The van der Waals surface area contributed by atoms with Gasteiger partial charge in [0.15, 0.2) is 5.69 Å². The molecule has 182 valence electrons. The predicted octanol–water partition coefficient (Wildman–Crippen LogP) is 4.88. The molecule has 3 aromatic rings. The molecule has 0 aliphatic carbocycles. The molecule has 0 bridgehead atoms. The minimum absolute atomic E-state index is 0.0546. The van der Waals surface area contributed by atoms with E-state index in [1.54, 1.807) is 24.3 Å². The molecular formula is C24H26F3N3O4. The van der Waals surface area contributed by atoms with E-state index in [0.717, 1.165) is 31.0 Å². The molecule has 0 saturated heterocycles. The quantitative estimate of drug-likeness (QED) is 0.421. The summed E-state index contributed by atoms with van der Waals surface area (Å²) < 4.78 is 51.5. The number of hydrogen-bond donors (Lipinski definition) is 1. The van der Waals surface area contributed by atoms with Crippen molar-refractivity contribution >= 4 is 22.4 Å². The summed E-state index contributed by atoms with van der Waals surface area (Å²) >= 11 is 0. The van der Waals surface area contributed by atoms with Crippen LogP contribution in [0.4, 0.5) is 18.9 Å². The van der Waals surface area contributed by atoms with Crippen LogP contribution < -0.4 is 15.6 Å². The molecule has 2 aromatic carbocycles. The number of unbranched alkanes of at least 4 members (excludes halogenated alkanes) is 2. The molecule has 0 atom stereocenters. The van der Waals surface area contributed by atoms with Gasteiger partial charge in [0, 0.05) is 19.0 Å². The summed E-state index contributed by atoms with van der Waals surface area (Å²) in [5, 5.41) is 7.36. The van der Waals surface area contributed by atoms with Gasteiger partial charge in [0.2, 0.25) is 0 Å². The van der Waals surface area contributed by atoms with E-state index in [1.807, 2.05) is 6.92 Å². The maximum Gasteiger partial charge on any atom is 0.416 e. The van der Waals surface area contributed by atoms with E-state index >= 15 is 0 Å². The summed E-state index contributed by atoms with van der Waals surface area (Å²) in [7, 11) is 1.46. The fourth-order valence-corrected chi connectivity index (χ4v) is 3.41. The van der Waals surface area contributed by atoms with Crippen molar-refractivity contribution in [3.05, 3.63) is 64.1 Å². The van der Waals surface area contributed by atoms with E-state index in [9.17, 15) is 22.8 Å². The summed E-state index contributed by atoms with van der Waals surface area (Å²) in [6.07, 6.45) is -2.08. The lowest BCUT2D eigenvalue weighted by Gasteiger charge is -2.16. The van der Waals surface area contributed by atoms with Gasteiger partial charge < -0.3 is 14.8 Å². The molecule has 0 aliphatic heterocycles. The second-order valence-electron chi connectivity index (χ2n) is 7.63. The molecule has 1 N–H and O–H groups in total. The summed E-state index contributed by atoms with van der Waals surface area (Å²) in [5.74, 6) is -0.699. The van der Waals surface area contributed by atoms with Crippen molar-refractivity contribution in [1.82, 2.24) is 9.78 Å². The van der Waals surface area contributed by atoms with Crippen molar-refractivity contribution < 1.29 is 27.4 Å². The van der Waals surface area contributed by atoms with Gasteiger partial charge in [-0.15, -0.1) is 0 Å². The van der Waals surface area contributed by atoms with Gasteiger partial charge in [0.25, 0.3) is 11.5 Å². The van der Waals surface area contributed by atoms with Crippen LogP contribution in [0.2, 0.25) is 0 Å². The van der Waals surface area contributed by atoms with Crippen molar-refractivity contribution in [2.75, 3.05) is 25.6 Å². The number of alkyl halides is 3. The smallest absolute Gasteiger partial charge is 0.416 e. The maximum atomic E-state index is 13.3. The molecule has 34 heavy (non-hydrogen) atoms. The van der Waals surface area contributed by atoms with Crippen LogP contribution >= 0.6 is 0 Å². The van der Waals surface area contributed by atoms with Crippen LogP contribution in [0, 0.1) is 0 Å². The Labute approximate surface area is 194 Å². The second kappa shape index (κ2) is 11.1. The lowest BCUT2D eigenvalue weighted by Crippen LogP contribution is -2.28. The van der Waals surface area contributed by atoms with Crippen molar-refractivity contribution in [2.45, 2.75) is 38.9 Å². The third-order valence-corrected chi connectivity index (χ3v) is 5.16. The van der Waals surface area contributed by atoms with Crippen LogP contribution in [0.15, 0.2) is 47.3 Å². The fraction of sp³-hybridized carbons (Fsp3) is 0.375. The van der Waals surface area contributed by atoms with Gasteiger partial charge in [-0.1, -0.05) is 38.0 Å². The summed E-state index contributed by atoms with van der Waals surface area (Å²) in [4.78, 5) is 26.0. The van der Waals surface area contributed by atoms with Gasteiger partial charge in [0.05, 0.1) is 23.2 Å². The molecule has 3 rings (SSSR count). The zero-order valence-corrected chi connectivity index (χ0v) is 18.9. The summed E-state index contributed by atoms with van der Waals surface area (Å²) in [6, 6.07) is 9.33. The number of anilines is 1. The lowest BCUT2D eigenvalue weighted by atomic mass is 10.1. The van der Waals surface area contributed by atoms with Crippen LogP contribution in [0.3, 0.4) is 0 Å². The van der Waals surface area contributed by atoms with Crippen LogP contribution in [-0.4, -0.2) is 36.0 Å². The summed E-state index contributed by atoms with van der Waals surface area (Å²) in [5.41, 5.74) is -1.49. The number of carbonyl (C=O) groups excluding carboxylic acids is 1. The van der Waals surface area contributed by atoms with E-state index in [4.69, 9.17) is 9.47 Å². The highest BCUT2D eigenvalue weighted by atomic mass is 19.4. The first kappa shape index (κ1) is 25.2. The third kappa shape index (κ3) is 5.93. The van der Waals surface area contributed by atoms with Crippen LogP contribution in [0.25, 0.3) is 10.8 Å². The van der Waals surface area contributed by atoms with Crippen LogP contribution in [0.5, 0.6) is 5.75 Å². The van der Waals surface area contributed by atoms with Gasteiger partial charge in [-0.2, -0.15) is 18.3 Å². The predicted molar refractivity (Wildman–Crippen MR) is 122 cm³/mol. The Morgan fingerprint density at radius 2 is 1.82 bits per heavy atom. The number of rotatable bonds is 10. The number of benzene rings is 2. The van der Waals surface area contributed by atoms with E-state index in [1.165, 1.54) is 11.8 Å². The molecule has 0 spiro atoms. The molecule has 0 unspecified atom stereocenters. The number of nitrogens with one attached hydrogen (secondary N) is 1. The van der Waals surface area contributed by atoms with E-state index in [2.05, 4.69) is 10.4 Å². The Balaban J connectivity index is 2.02. The molecular weight excluding hydrogens is 451 g/mol. The molecule has 0 fully saturated rings. The molecule has 0 radical (unpaired) electrons. The van der Waals surface area contributed by atoms with Crippen LogP contribution in [-0.2, 0) is 17.5 Å². The number of carbonyl (C=O) groups is 1. The fourth-order valence-electron chi connectivity index (χ4n) is 3.41. The zero-order chi connectivity index (χ0) is 24.7. The minimum Gasteiger partial charge on any atom is -0.489 e. The number of fused-ring (bicyclic) bond motifs is 1. The van der Waals surface area contributed by atoms with Crippen molar-refractivity contribution in [1.29, 1.82) is 0 Å². The second-order valence-corrected chi connectivity index (χ2v) is 7.63. The van der Waals surface area contributed by atoms with Gasteiger partial charge in [-0.25, -0.2) is 4.68 Å². The first-order chi connectivity index (χ1) is 16.3. The Morgan fingerprint density at radius 1 is 1.09 bits per heavy atom. The average Bonchev–Trinajstić information content (AvgIpc) is 2.81. The number of methoxy groups -OCH3 is 1. The SMILES string of the molecule is CCCCCn1nc(C(=O)Nc2cc(C(F)(F)F)ccc2OCCOC)c2ccccc2c1=O. The first-order valence-corrected chi connectivity index (χ1v) is 10.9. The third-order valence-electron chi connectivity index (χ3n) is 5.16. The molecule has 0 saturated carbocycles. The molecule has 1 amide bonds. The van der Waals surface area contributed by atoms with Gasteiger partial charge in [0.1, 0.15) is 12.4 Å². The van der Waals surface area contributed by atoms with Gasteiger partial charge >= 0.3 is 6.18 Å². The average molecular weight is 477 g/mol. The molecule has 1 aromatic heterocycles. The summed E-state index contributed by atoms with van der Waals surface area (Å²) in [6.45, 7) is 2.64. The monoisotopic (exact) mass is 477 g/mol. The number of aryl methyl sites for hydroxylation is 1. The van der Waals surface area contributed by atoms with Crippen molar-refractivity contribution in [2.24, 2.45) is 0 Å². The highest BCUT2D eigenvalue weighted by Crippen LogP contribution is 2.35. The molecule has 7 nitrogen and oxygen atoms in total. The van der Waals surface area contributed by atoms with E-state index in [-0.39, 0.29) is 35.9 Å². The van der Waals surface area contributed by atoms with Gasteiger partial charge in [-0.3, -0.25) is 9.59 Å². The topological polar surface area (TPSA) is 82.5 Å². The Kier molecular flexibility index (Phi) is 8.27. The highest BCUT2D eigenvalue weighted by molar-refractivity contribution is 6.11. The zero-order valence-electron chi connectivity index (χ0n) is 18.9. The molecule has 0 aliphatic rings. The number of ether oxygens (including phenoxy) is 2.